The van der Waals surface area contributed by atoms with Crippen molar-refractivity contribution in [1.82, 2.24) is 14.3 Å². The lowest BCUT2D eigenvalue weighted by molar-refractivity contribution is -0.189. The molecule has 0 bridgehead atoms. The van der Waals surface area contributed by atoms with E-state index in [-0.39, 0.29) is 17.6 Å². The Morgan fingerprint density at radius 2 is 1.70 bits per heavy atom. The first kappa shape index (κ1) is 27.7. The van der Waals surface area contributed by atoms with E-state index < -0.39 is 58.4 Å². The highest BCUT2D eigenvalue weighted by Crippen LogP contribution is 2.33. The Morgan fingerprint density at radius 1 is 1.05 bits per heavy atom. The van der Waals surface area contributed by atoms with Crippen LogP contribution in [0, 0.1) is 12.7 Å². The molecule has 7 nitrogen and oxygen atoms in total. The molecule has 1 heterocycles. The summed E-state index contributed by atoms with van der Waals surface area (Å²) in [6.07, 6.45) is -12.1. The number of hydrogen-bond donors (Lipinski definition) is 1. The van der Waals surface area contributed by atoms with E-state index in [0.29, 0.717) is 29.8 Å². The second kappa shape index (κ2) is 9.90. The molecule has 0 aliphatic rings. The SMILES string of the molecule is Cc1nn(-c2cc(O[C@@H](C)C(F)(F)F)c(C(=O)Nc3cccc(C(F)(F)F)c3)cc2F)c(=O)n1C(C)C. The van der Waals surface area contributed by atoms with E-state index in [1.165, 1.54) is 11.5 Å². The normalized spacial score (nSPS) is 13.1. The topological polar surface area (TPSA) is 78.2 Å². The minimum absolute atomic E-state index is 0.192. The van der Waals surface area contributed by atoms with E-state index in [9.17, 15) is 35.9 Å². The highest BCUT2D eigenvalue weighted by molar-refractivity contribution is 6.06. The third-order valence-corrected chi connectivity index (χ3v) is 5.23. The van der Waals surface area contributed by atoms with Crippen LogP contribution in [0.4, 0.5) is 36.4 Å². The highest BCUT2D eigenvalue weighted by Gasteiger charge is 2.39. The lowest BCUT2D eigenvalue weighted by Crippen LogP contribution is -2.32. The van der Waals surface area contributed by atoms with Gasteiger partial charge >= 0.3 is 18.0 Å². The first-order valence-corrected chi connectivity index (χ1v) is 10.7. The molecule has 1 aromatic heterocycles. The van der Waals surface area contributed by atoms with Crippen molar-refractivity contribution in [1.29, 1.82) is 0 Å². The van der Waals surface area contributed by atoms with Crippen molar-refractivity contribution in [2.45, 2.75) is 52.2 Å². The number of ether oxygens (including phenoxy) is 1. The van der Waals surface area contributed by atoms with Gasteiger partial charge in [0, 0.05) is 17.8 Å². The summed E-state index contributed by atoms with van der Waals surface area (Å²) in [4.78, 5) is 25.6. The quantitative estimate of drug-likeness (QED) is 0.414. The maximum absolute atomic E-state index is 15.1. The molecule has 0 spiro atoms. The van der Waals surface area contributed by atoms with E-state index in [0.717, 1.165) is 18.2 Å². The van der Waals surface area contributed by atoms with Gasteiger partial charge in [-0.1, -0.05) is 6.07 Å². The number of carbonyl (C=O) groups excluding carboxylic acids is 1. The van der Waals surface area contributed by atoms with Gasteiger partial charge in [0.1, 0.15) is 23.1 Å². The Kier molecular flexibility index (Phi) is 7.42. The number of benzene rings is 2. The van der Waals surface area contributed by atoms with Crippen LogP contribution in [0.3, 0.4) is 0 Å². The van der Waals surface area contributed by atoms with Gasteiger partial charge < -0.3 is 10.1 Å². The van der Waals surface area contributed by atoms with Gasteiger partial charge in [0.2, 0.25) is 0 Å². The van der Waals surface area contributed by atoms with Gasteiger partial charge in [-0.3, -0.25) is 9.36 Å². The summed E-state index contributed by atoms with van der Waals surface area (Å²) in [5.41, 5.74) is -3.57. The number of amides is 1. The minimum atomic E-state index is -4.88. The standard InChI is InChI=1S/C23H21F7N4O3/c1-11(2)33-13(4)32-34(21(33)36)18-10-19(37-12(3)22(25,26)27)16(9-17(18)24)20(35)31-15-7-5-6-14(8-15)23(28,29)30/h5-12H,1-4H3,(H,31,35)/t12-/m0/s1. The largest absolute Gasteiger partial charge is 0.480 e. The van der Waals surface area contributed by atoms with E-state index >= 15 is 4.39 Å². The third-order valence-electron chi connectivity index (χ3n) is 5.23. The van der Waals surface area contributed by atoms with Crippen LogP contribution in [0.2, 0.25) is 0 Å². The van der Waals surface area contributed by atoms with Crippen LogP contribution in [-0.4, -0.2) is 32.5 Å². The fourth-order valence-electron chi connectivity index (χ4n) is 3.44. The van der Waals surface area contributed by atoms with Crippen LogP contribution in [-0.2, 0) is 6.18 Å². The van der Waals surface area contributed by atoms with Crippen LogP contribution in [0.1, 0.15) is 48.6 Å². The molecule has 3 aromatic rings. The predicted octanol–water partition coefficient (Wildman–Crippen LogP) is 5.66. The number of nitrogens with zero attached hydrogens (tertiary/aromatic N) is 3. The van der Waals surface area contributed by atoms with Gasteiger partial charge in [-0.2, -0.15) is 36.1 Å². The van der Waals surface area contributed by atoms with Crippen molar-refractivity contribution in [3.05, 3.63) is 69.7 Å². The molecule has 3 rings (SSSR count). The molecule has 2 aromatic carbocycles. The van der Waals surface area contributed by atoms with E-state index in [4.69, 9.17) is 4.74 Å². The number of aryl methyl sites for hydroxylation is 1. The van der Waals surface area contributed by atoms with Gasteiger partial charge in [0.25, 0.3) is 5.91 Å². The van der Waals surface area contributed by atoms with Crippen molar-refractivity contribution in [3.8, 4) is 11.4 Å². The molecule has 200 valence electrons. The van der Waals surface area contributed by atoms with Crippen LogP contribution >= 0.6 is 0 Å². The van der Waals surface area contributed by atoms with Crippen LogP contribution in [0.25, 0.3) is 5.69 Å². The summed E-state index contributed by atoms with van der Waals surface area (Å²) in [6.45, 7) is 5.44. The summed E-state index contributed by atoms with van der Waals surface area (Å²) in [5.74, 6) is -3.03. The fraction of sp³-hybridized carbons (Fsp3) is 0.348. The molecule has 1 N–H and O–H groups in total. The summed E-state index contributed by atoms with van der Waals surface area (Å²) < 4.78 is 100. The summed E-state index contributed by atoms with van der Waals surface area (Å²) in [5, 5.41) is 6.04. The predicted molar refractivity (Wildman–Crippen MR) is 118 cm³/mol. The van der Waals surface area contributed by atoms with Crippen molar-refractivity contribution < 1.29 is 40.3 Å². The minimum Gasteiger partial charge on any atom is -0.480 e. The third kappa shape index (κ3) is 5.94. The first-order chi connectivity index (χ1) is 17.0. The average Bonchev–Trinajstić information content (AvgIpc) is 3.07. The van der Waals surface area contributed by atoms with Crippen LogP contribution < -0.4 is 15.7 Å². The molecule has 0 saturated heterocycles. The molecule has 0 radical (unpaired) electrons. The van der Waals surface area contributed by atoms with Crippen LogP contribution in [0.15, 0.2) is 41.2 Å². The molecular weight excluding hydrogens is 513 g/mol. The summed E-state index contributed by atoms with van der Waals surface area (Å²) in [7, 11) is 0. The average molecular weight is 534 g/mol. The molecule has 0 saturated carbocycles. The van der Waals surface area contributed by atoms with Crippen molar-refractivity contribution in [2.75, 3.05) is 5.32 Å². The number of aromatic nitrogens is 3. The zero-order chi connectivity index (χ0) is 27.9. The number of nitrogens with one attached hydrogen (secondary N) is 1. The van der Waals surface area contributed by atoms with Gasteiger partial charge in [-0.25, -0.2) is 9.18 Å². The molecule has 0 aliphatic carbocycles. The number of rotatable bonds is 6. The maximum Gasteiger partial charge on any atom is 0.425 e. The molecule has 0 unspecified atom stereocenters. The Balaban J connectivity index is 2.11. The highest BCUT2D eigenvalue weighted by atomic mass is 19.4. The number of anilines is 1. The zero-order valence-electron chi connectivity index (χ0n) is 19.8. The fourth-order valence-corrected chi connectivity index (χ4v) is 3.44. The lowest BCUT2D eigenvalue weighted by atomic mass is 10.1. The monoisotopic (exact) mass is 534 g/mol. The first-order valence-electron chi connectivity index (χ1n) is 10.7. The van der Waals surface area contributed by atoms with Gasteiger partial charge in [-0.05, 0) is 52.0 Å². The molecule has 37 heavy (non-hydrogen) atoms. The molecule has 14 heteroatoms. The Labute approximate surface area is 205 Å². The maximum atomic E-state index is 15.1. The van der Waals surface area contributed by atoms with Crippen molar-refractivity contribution in [2.24, 2.45) is 0 Å². The number of alkyl halides is 6. The molecule has 1 amide bonds. The molecule has 0 aliphatic heterocycles. The number of hydrogen-bond acceptors (Lipinski definition) is 4. The Morgan fingerprint density at radius 3 is 2.24 bits per heavy atom. The van der Waals surface area contributed by atoms with Gasteiger partial charge in [0.05, 0.1) is 11.1 Å². The van der Waals surface area contributed by atoms with Gasteiger partial charge in [0.15, 0.2) is 6.10 Å². The molecule has 0 fully saturated rings. The van der Waals surface area contributed by atoms with Gasteiger partial charge in [-0.15, -0.1) is 0 Å². The lowest BCUT2D eigenvalue weighted by Gasteiger charge is -2.20. The van der Waals surface area contributed by atoms with Crippen LogP contribution in [0.5, 0.6) is 5.75 Å². The number of halogens is 7. The summed E-state index contributed by atoms with van der Waals surface area (Å²) in [6, 6.07) is 4.32. The second-order valence-electron chi connectivity index (χ2n) is 8.34. The summed E-state index contributed by atoms with van der Waals surface area (Å²) >= 11 is 0. The second-order valence-corrected chi connectivity index (χ2v) is 8.34. The van der Waals surface area contributed by atoms with Crippen molar-refractivity contribution >= 4 is 11.6 Å². The zero-order valence-corrected chi connectivity index (χ0v) is 19.8. The van der Waals surface area contributed by atoms with E-state index in [2.05, 4.69) is 10.4 Å². The Hall–Kier alpha value is -3.84. The van der Waals surface area contributed by atoms with E-state index in [1.807, 2.05) is 0 Å². The number of carbonyl (C=O) groups is 1. The Bertz CT molecular complexity index is 1370. The smallest absolute Gasteiger partial charge is 0.425 e. The van der Waals surface area contributed by atoms with E-state index in [1.54, 1.807) is 13.8 Å². The van der Waals surface area contributed by atoms with Crippen molar-refractivity contribution in [3.63, 3.8) is 0 Å². The molecular formula is C23H21F7N4O3. The molecule has 1 atom stereocenters.